The van der Waals surface area contributed by atoms with Crippen LogP contribution in [-0.4, -0.2) is 227 Å². The molecular weight excluding hydrogens is 1000 g/mol. The van der Waals surface area contributed by atoms with Crippen molar-refractivity contribution >= 4 is 11.8 Å². The molecule has 9 rings (SSSR count). The number of carbonyl (C=O) groups is 2. The minimum atomic E-state index is -2.06. The summed E-state index contributed by atoms with van der Waals surface area (Å²) < 4.78 is 47.9. The largest absolute Gasteiger partial charge is 0.479 e. The summed E-state index contributed by atoms with van der Waals surface area (Å²) in [7, 11) is 0. The smallest absolute Gasteiger partial charge is 0.335 e. The lowest BCUT2D eigenvalue weighted by Crippen LogP contribution is -2.68. The van der Waals surface area contributed by atoms with Gasteiger partial charge in [-0.25, -0.2) is 4.79 Å². The molecule has 0 aromatic carbocycles. The number of hydrogen-bond acceptors (Lipinski definition) is 22. The van der Waals surface area contributed by atoms with Gasteiger partial charge in [0.25, 0.3) is 0 Å². The van der Waals surface area contributed by atoms with Gasteiger partial charge >= 0.3 is 5.97 Å². The first-order valence-corrected chi connectivity index (χ1v) is 27.2. The van der Waals surface area contributed by atoms with Crippen molar-refractivity contribution in [2.75, 3.05) is 26.4 Å². The topological polar surface area (TPSA) is 371 Å². The zero-order valence-electron chi connectivity index (χ0n) is 44.4. The van der Waals surface area contributed by atoms with Gasteiger partial charge in [0.2, 0.25) is 0 Å². The van der Waals surface area contributed by atoms with Crippen molar-refractivity contribution in [3.8, 4) is 0 Å². The summed E-state index contributed by atoms with van der Waals surface area (Å²) in [5, 5.41) is 139. The fourth-order valence-electron chi connectivity index (χ4n) is 16.1. The van der Waals surface area contributed by atoms with Crippen molar-refractivity contribution in [3.63, 3.8) is 0 Å². The Hall–Kier alpha value is -1.92. The van der Waals surface area contributed by atoms with Crippen LogP contribution in [0.15, 0.2) is 11.6 Å². The summed E-state index contributed by atoms with van der Waals surface area (Å²) in [5.74, 6) is -1.69. The minimum absolute atomic E-state index is 0.0188. The molecule has 0 amide bonds. The molecule has 4 aliphatic heterocycles. The van der Waals surface area contributed by atoms with Crippen LogP contribution >= 0.6 is 0 Å². The Morgan fingerprint density at radius 2 is 1.34 bits per heavy atom. The van der Waals surface area contributed by atoms with Gasteiger partial charge in [-0.3, -0.25) is 4.79 Å². The molecule has 4 saturated carbocycles. The quantitative estimate of drug-likeness (QED) is 0.0769. The molecular formula is C53H84O23. The maximum Gasteiger partial charge on any atom is 0.335 e. The van der Waals surface area contributed by atoms with Crippen LogP contribution in [0.4, 0.5) is 0 Å². The van der Waals surface area contributed by atoms with E-state index in [1.807, 2.05) is 13.8 Å². The van der Waals surface area contributed by atoms with Crippen LogP contribution in [0, 0.1) is 50.2 Å². The van der Waals surface area contributed by atoms with E-state index in [1.54, 1.807) is 0 Å². The van der Waals surface area contributed by atoms with E-state index in [9.17, 15) is 76.0 Å². The van der Waals surface area contributed by atoms with Crippen molar-refractivity contribution < 1.29 is 114 Å². The highest BCUT2D eigenvalue weighted by atomic mass is 16.8. The van der Waals surface area contributed by atoms with Crippen LogP contribution in [0.5, 0.6) is 0 Å². The highest BCUT2D eigenvalue weighted by Crippen LogP contribution is 2.75. The monoisotopic (exact) mass is 1090 g/mol. The first-order valence-electron chi connectivity index (χ1n) is 27.2. The molecule has 5 aliphatic carbocycles. The molecule has 0 spiro atoms. The molecule has 23 nitrogen and oxygen atoms in total. The van der Waals surface area contributed by atoms with Crippen LogP contribution in [0.2, 0.25) is 0 Å². The average molecular weight is 1090 g/mol. The number of allylic oxidation sites excluding steroid dienone is 2. The number of carbonyl (C=O) groups excluding carboxylic acids is 1. The van der Waals surface area contributed by atoms with E-state index < -0.39 is 158 Å². The van der Waals surface area contributed by atoms with Crippen molar-refractivity contribution in [1.82, 2.24) is 0 Å². The Morgan fingerprint density at radius 3 is 2.01 bits per heavy atom. The predicted octanol–water partition coefficient (Wildman–Crippen LogP) is -1.65. The third-order valence-electron chi connectivity index (χ3n) is 21.2. The van der Waals surface area contributed by atoms with E-state index in [4.69, 9.17) is 37.9 Å². The summed E-state index contributed by atoms with van der Waals surface area (Å²) >= 11 is 0. The van der Waals surface area contributed by atoms with E-state index in [1.165, 1.54) is 12.5 Å². The lowest BCUT2D eigenvalue weighted by atomic mass is 9.33. The number of fused-ring (bicyclic) bond motifs is 7. The van der Waals surface area contributed by atoms with Gasteiger partial charge < -0.3 is 104 Å². The van der Waals surface area contributed by atoms with Crippen molar-refractivity contribution in [2.24, 2.45) is 50.2 Å². The third kappa shape index (κ3) is 9.38. The number of ketones is 1. The van der Waals surface area contributed by atoms with E-state index in [0.29, 0.717) is 38.5 Å². The first kappa shape index (κ1) is 58.7. The Labute approximate surface area is 442 Å². The van der Waals surface area contributed by atoms with Gasteiger partial charge in [-0.05, 0) is 97.7 Å². The molecule has 8 fully saturated rings. The van der Waals surface area contributed by atoms with Crippen molar-refractivity contribution in [1.29, 1.82) is 0 Å². The summed E-state index contributed by atoms with van der Waals surface area (Å²) in [5.41, 5.74) is -2.08. The van der Waals surface area contributed by atoms with Gasteiger partial charge in [0.05, 0.1) is 38.6 Å². The SMILES string of the molecule is CC1OC(OC2C(OC3C(OC4CCC5(C)C(CCC6(C)C5CC=C5C7CC(C)(COC8OC(CO)C(O)C(O)C8O)CC(=O)C7(C)CCC56C)C4(C)CO)OC(C(=O)O)C(O)C3O)OCC(O)C2O)C(O)C(O)C1O. The Morgan fingerprint density at radius 1 is 0.684 bits per heavy atom. The highest BCUT2D eigenvalue weighted by molar-refractivity contribution is 5.87. The molecule has 4 heterocycles. The number of rotatable bonds is 12. The number of aliphatic hydroxyl groups is 12. The number of aliphatic hydroxyl groups excluding tert-OH is 12. The highest BCUT2D eigenvalue weighted by Gasteiger charge is 2.70. The van der Waals surface area contributed by atoms with Gasteiger partial charge in [0, 0.05) is 17.3 Å². The second kappa shape index (κ2) is 21.1. The second-order valence-electron chi connectivity index (χ2n) is 25.6. The average Bonchev–Trinajstić information content (AvgIpc) is 3.51. The maximum absolute atomic E-state index is 14.5. The molecule has 13 N–H and O–H groups in total. The Bertz CT molecular complexity index is 2150. The molecule has 23 heteroatoms. The molecule has 9 aliphatic rings. The van der Waals surface area contributed by atoms with Gasteiger partial charge in [-0.2, -0.15) is 0 Å². The van der Waals surface area contributed by atoms with Gasteiger partial charge in [-0.1, -0.05) is 53.2 Å². The minimum Gasteiger partial charge on any atom is -0.479 e. The van der Waals surface area contributed by atoms with E-state index >= 15 is 0 Å². The maximum atomic E-state index is 14.5. The molecule has 0 aromatic rings. The first-order chi connectivity index (χ1) is 35.5. The fraction of sp³-hybridized carbons (Fsp3) is 0.925. The molecule has 76 heavy (non-hydrogen) atoms. The predicted molar refractivity (Wildman–Crippen MR) is 258 cm³/mol. The van der Waals surface area contributed by atoms with Crippen LogP contribution in [0.3, 0.4) is 0 Å². The third-order valence-corrected chi connectivity index (χ3v) is 21.2. The van der Waals surface area contributed by atoms with E-state index in [2.05, 4.69) is 33.8 Å². The zero-order valence-corrected chi connectivity index (χ0v) is 44.4. The number of ether oxygens (including phenoxy) is 8. The summed E-state index contributed by atoms with van der Waals surface area (Å²) in [4.78, 5) is 27.0. The number of aliphatic carboxylic acids is 1. The van der Waals surface area contributed by atoms with Crippen LogP contribution in [0.1, 0.15) is 106 Å². The number of hydrogen-bond donors (Lipinski definition) is 13. The van der Waals surface area contributed by atoms with Crippen molar-refractivity contribution in [3.05, 3.63) is 11.6 Å². The number of Topliss-reactive ketones (excluding diaryl/α,β-unsaturated/α-hetero) is 1. The van der Waals surface area contributed by atoms with Crippen LogP contribution in [-0.2, 0) is 47.5 Å². The van der Waals surface area contributed by atoms with Crippen LogP contribution < -0.4 is 0 Å². The lowest BCUT2D eigenvalue weighted by molar-refractivity contribution is -0.387. The fourth-order valence-corrected chi connectivity index (χ4v) is 16.1. The van der Waals surface area contributed by atoms with Crippen molar-refractivity contribution in [2.45, 2.75) is 229 Å². The Balaban J connectivity index is 0.953. The molecule has 29 atom stereocenters. The van der Waals surface area contributed by atoms with Gasteiger partial charge in [-0.15, -0.1) is 0 Å². The molecule has 0 radical (unpaired) electrons. The van der Waals surface area contributed by atoms with E-state index in [0.717, 1.165) is 12.8 Å². The Kier molecular flexibility index (Phi) is 16.3. The van der Waals surface area contributed by atoms with E-state index in [-0.39, 0.29) is 59.4 Å². The lowest BCUT2D eigenvalue weighted by Gasteiger charge is -2.71. The normalized spacial score (nSPS) is 55.6. The molecule has 0 bridgehead atoms. The summed E-state index contributed by atoms with van der Waals surface area (Å²) in [6.07, 6.45) is -24.4. The standard InChI is InChI=1S/C53H84O23/c1-22-31(58)34(61)39(66)45(71-22)75-41-32(59)25(56)19-69-46(41)76-42-37(64)36(63)40(43(67)68)74-47(42)73-30-11-12-50(4)27(51(30,5)20-55)10-13-53(7)28(50)9-8-23-24-16-48(2,17-29(57)49(24,3)14-15-52(23,53)6)21-70-44-38(65)35(62)33(60)26(18-54)72-44/h8,22,24-28,30-42,44-47,54-56,58-66H,9-21H2,1-7H3,(H,67,68). The van der Waals surface area contributed by atoms with Crippen LogP contribution in [0.25, 0.3) is 0 Å². The molecule has 434 valence electrons. The molecule has 29 unspecified atom stereocenters. The summed E-state index contributed by atoms with van der Waals surface area (Å²) in [6.45, 7) is 12.9. The molecule has 0 aromatic heterocycles. The van der Waals surface area contributed by atoms with Gasteiger partial charge in [0.15, 0.2) is 31.3 Å². The second-order valence-corrected chi connectivity index (χ2v) is 25.6. The number of carboxylic acid groups (broad SMARTS) is 1. The summed E-state index contributed by atoms with van der Waals surface area (Å²) in [6, 6.07) is 0. The zero-order chi connectivity index (χ0) is 55.6. The number of carboxylic acids is 1. The molecule has 4 saturated heterocycles. The van der Waals surface area contributed by atoms with Gasteiger partial charge in [0.1, 0.15) is 85.1 Å².